The van der Waals surface area contributed by atoms with E-state index in [1.54, 1.807) is 30.5 Å². The number of nitrogens with zero attached hydrogens (tertiary/aromatic N) is 2. The summed E-state index contributed by atoms with van der Waals surface area (Å²) in [5, 5.41) is 9.78. The van der Waals surface area contributed by atoms with E-state index in [4.69, 9.17) is 47.4 Å². The molecule has 272 valence electrons. The Labute approximate surface area is 320 Å². The molecule has 53 heavy (non-hydrogen) atoms. The van der Waals surface area contributed by atoms with E-state index < -0.39 is 0 Å². The number of carbonyl (C=O) groups is 2. The highest BCUT2D eigenvalue weighted by atomic mass is 35.5. The van der Waals surface area contributed by atoms with E-state index in [0.717, 1.165) is 52.5 Å². The van der Waals surface area contributed by atoms with E-state index in [2.05, 4.69) is 30.1 Å². The van der Waals surface area contributed by atoms with E-state index >= 15 is 0 Å². The Balaban J connectivity index is 0.00000266. The number of benzene rings is 4. The van der Waals surface area contributed by atoms with Crippen LogP contribution in [0.3, 0.4) is 0 Å². The Hall–Kier alpha value is -5.36. The minimum Gasteiger partial charge on any atom is -0.492 e. The SMILES string of the molecule is CC.Cc1c(COc2cc(OCc3cncc(C#N)c3)c(C=O)cc2Cl)cccc1-c1cccc(COc2cc(OCC3CC3)c(C=O)cc2Cl)c1C. The van der Waals surface area contributed by atoms with Crippen LogP contribution in [-0.2, 0) is 19.8 Å². The van der Waals surface area contributed by atoms with Gasteiger partial charge in [0.05, 0.1) is 33.3 Å². The van der Waals surface area contributed by atoms with Gasteiger partial charge in [-0.15, -0.1) is 0 Å². The molecule has 1 aliphatic rings. The van der Waals surface area contributed by atoms with Gasteiger partial charge in [0.2, 0.25) is 0 Å². The summed E-state index contributed by atoms with van der Waals surface area (Å²) in [4.78, 5) is 27.5. The number of aromatic nitrogens is 1. The van der Waals surface area contributed by atoms with E-state index in [1.807, 2.05) is 45.0 Å². The lowest BCUT2D eigenvalue weighted by Crippen LogP contribution is -2.04. The standard InChI is InChI=1S/C41H34Cl2N2O6.C2H6/c1-25-30(23-50-40-14-38(48-21-27-9-10-27)32(19-46)12-36(40)42)5-3-7-34(25)35-8-4-6-31(26(35)2)24-51-41-15-39(33(20-47)13-37(41)43)49-22-29-11-28(16-44)17-45-18-29;1-2/h3-8,11-15,17-20,27H,9-10,21-24H2,1-2H3;1-2H3. The average Bonchev–Trinajstić information content (AvgIpc) is 4.02. The van der Waals surface area contributed by atoms with Crippen molar-refractivity contribution in [3.05, 3.63) is 134 Å². The first kappa shape index (κ1) is 38.9. The molecule has 4 aromatic carbocycles. The predicted molar refractivity (Wildman–Crippen MR) is 207 cm³/mol. The Morgan fingerprint density at radius 1 is 0.717 bits per heavy atom. The first-order chi connectivity index (χ1) is 25.8. The third-order valence-corrected chi connectivity index (χ3v) is 9.41. The predicted octanol–water partition coefficient (Wildman–Crippen LogP) is 10.7. The van der Waals surface area contributed by atoms with Crippen molar-refractivity contribution in [2.75, 3.05) is 6.61 Å². The smallest absolute Gasteiger partial charge is 0.153 e. The van der Waals surface area contributed by atoms with Crippen molar-refractivity contribution in [1.82, 2.24) is 4.98 Å². The van der Waals surface area contributed by atoms with Crippen molar-refractivity contribution >= 4 is 35.8 Å². The highest BCUT2D eigenvalue weighted by molar-refractivity contribution is 6.32. The minimum atomic E-state index is 0.102. The Morgan fingerprint density at radius 3 is 1.72 bits per heavy atom. The molecule has 1 aromatic heterocycles. The zero-order valence-corrected chi connectivity index (χ0v) is 31.6. The van der Waals surface area contributed by atoms with Gasteiger partial charge in [0, 0.05) is 30.1 Å². The molecule has 6 rings (SSSR count). The highest BCUT2D eigenvalue weighted by Crippen LogP contribution is 2.37. The summed E-state index contributed by atoms with van der Waals surface area (Å²) in [6, 6.07) is 22.2. The second-order valence-corrected chi connectivity index (χ2v) is 13.2. The van der Waals surface area contributed by atoms with E-state index in [0.29, 0.717) is 63.5 Å². The molecule has 1 aliphatic carbocycles. The fourth-order valence-corrected chi connectivity index (χ4v) is 6.06. The van der Waals surface area contributed by atoms with E-state index in [9.17, 15) is 9.59 Å². The average molecular weight is 752 g/mol. The summed E-state index contributed by atoms with van der Waals surface area (Å²) in [6.45, 7) is 9.26. The summed E-state index contributed by atoms with van der Waals surface area (Å²) < 4.78 is 24.2. The van der Waals surface area contributed by atoms with Crippen LogP contribution in [0, 0.1) is 31.1 Å². The number of aldehydes is 2. The maximum absolute atomic E-state index is 11.8. The molecular weight excluding hydrogens is 711 g/mol. The number of hydrogen-bond acceptors (Lipinski definition) is 8. The van der Waals surface area contributed by atoms with Crippen molar-refractivity contribution in [3.63, 3.8) is 0 Å². The molecule has 0 amide bonds. The topological polar surface area (TPSA) is 108 Å². The molecule has 10 heteroatoms. The highest BCUT2D eigenvalue weighted by Gasteiger charge is 2.23. The molecular formula is C43H40Cl2N2O6. The van der Waals surface area contributed by atoms with Gasteiger partial charge in [0.25, 0.3) is 0 Å². The number of hydrogen-bond donors (Lipinski definition) is 0. The van der Waals surface area contributed by atoms with Crippen molar-refractivity contribution in [3.8, 4) is 40.2 Å². The van der Waals surface area contributed by atoms with Crippen molar-refractivity contribution in [1.29, 1.82) is 5.26 Å². The lowest BCUT2D eigenvalue weighted by molar-refractivity contribution is 0.111. The van der Waals surface area contributed by atoms with Gasteiger partial charge in [-0.3, -0.25) is 14.6 Å². The minimum absolute atomic E-state index is 0.102. The van der Waals surface area contributed by atoms with Crippen LogP contribution in [0.4, 0.5) is 0 Å². The molecule has 0 atom stereocenters. The normalized spacial score (nSPS) is 11.8. The number of rotatable bonds is 15. The molecule has 0 saturated heterocycles. The molecule has 0 radical (unpaired) electrons. The van der Waals surface area contributed by atoms with Crippen LogP contribution in [0.2, 0.25) is 10.0 Å². The monoisotopic (exact) mass is 750 g/mol. The number of carbonyl (C=O) groups excluding carboxylic acids is 2. The Morgan fingerprint density at radius 2 is 1.23 bits per heavy atom. The van der Waals surface area contributed by atoms with E-state index in [-0.39, 0.29) is 30.4 Å². The second kappa shape index (κ2) is 18.4. The maximum atomic E-state index is 11.8. The Bertz CT molecular complexity index is 2140. The van der Waals surface area contributed by atoms with Crippen LogP contribution < -0.4 is 18.9 Å². The summed E-state index contributed by atoms with van der Waals surface area (Å²) in [5.74, 6) is 2.12. The second-order valence-electron chi connectivity index (χ2n) is 12.4. The Kier molecular flexibility index (Phi) is 13.5. The molecule has 1 heterocycles. The number of halogens is 2. The lowest BCUT2D eigenvalue weighted by atomic mass is 9.92. The van der Waals surface area contributed by atoms with Crippen LogP contribution in [0.1, 0.15) is 80.8 Å². The number of ether oxygens (including phenoxy) is 4. The molecule has 1 fully saturated rings. The van der Waals surface area contributed by atoms with Crippen LogP contribution in [0.5, 0.6) is 23.0 Å². The fourth-order valence-electron chi connectivity index (χ4n) is 5.61. The number of pyridine rings is 1. The van der Waals surface area contributed by atoms with Crippen molar-refractivity contribution in [2.45, 2.75) is 60.4 Å². The van der Waals surface area contributed by atoms with Gasteiger partial charge < -0.3 is 18.9 Å². The van der Waals surface area contributed by atoms with Crippen LogP contribution in [0.25, 0.3) is 11.1 Å². The van der Waals surface area contributed by atoms with Crippen molar-refractivity contribution < 1.29 is 28.5 Å². The fraction of sp³-hybridized carbons (Fsp3) is 0.256. The van der Waals surface area contributed by atoms with Crippen LogP contribution in [0.15, 0.2) is 79.1 Å². The van der Waals surface area contributed by atoms with Crippen LogP contribution in [-0.4, -0.2) is 24.2 Å². The van der Waals surface area contributed by atoms with Gasteiger partial charge in [-0.25, -0.2) is 0 Å². The molecule has 5 aromatic rings. The van der Waals surface area contributed by atoms with E-state index in [1.165, 1.54) is 12.3 Å². The molecule has 1 saturated carbocycles. The summed E-state index contributed by atoms with van der Waals surface area (Å²) in [6.07, 6.45) is 6.76. The van der Waals surface area contributed by atoms with Crippen molar-refractivity contribution in [2.24, 2.45) is 5.92 Å². The third-order valence-electron chi connectivity index (χ3n) is 8.82. The maximum Gasteiger partial charge on any atom is 0.153 e. The van der Waals surface area contributed by atoms with Gasteiger partial charge in [0.1, 0.15) is 48.9 Å². The molecule has 0 aliphatic heterocycles. The zero-order chi connectivity index (χ0) is 37.9. The van der Waals surface area contributed by atoms with Gasteiger partial charge in [-0.2, -0.15) is 5.26 Å². The van der Waals surface area contributed by atoms with Gasteiger partial charge in [-0.05, 0) is 84.2 Å². The van der Waals surface area contributed by atoms with Gasteiger partial charge in [-0.1, -0.05) is 73.4 Å². The quantitative estimate of drug-likeness (QED) is 0.0973. The third kappa shape index (κ3) is 9.75. The van der Waals surface area contributed by atoms with Crippen LogP contribution >= 0.6 is 23.2 Å². The summed E-state index contributed by atoms with van der Waals surface area (Å²) in [7, 11) is 0. The molecule has 0 bridgehead atoms. The number of nitriles is 1. The molecule has 0 N–H and O–H groups in total. The summed E-state index contributed by atoms with van der Waals surface area (Å²) in [5.41, 5.74) is 7.87. The summed E-state index contributed by atoms with van der Waals surface area (Å²) >= 11 is 13.0. The van der Waals surface area contributed by atoms with Gasteiger partial charge in [0.15, 0.2) is 12.6 Å². The molecule has 0 unspecified atom stereocenters. The molecule has 0 spiro atoms. The zero-order valence-electron chi connectivity index (χ0n) is 30.1. The first-order valence-corrected chi connectivity index (χ1v) is 18.1. The molecule has 8 nitrogen and oxygen atoms in total. The largest absolute Gasteiger partial charge is 0.492 e. The van der Waals surface area contributed by atoms with Gasteiger partial charge >= 0.3 is 0 Å². The lowest BCUT2D eigenvalue weighted by Gasteiger charge is -2.18. The first-order valence-electron chi connectivity index (χ1n) is 17.4.